The fourth-order valence-corrected chi connectivity index (χ4v) is 4.21. The first-order valence-electron chi connectivity index (χ1n) is 8.22. The molecule has 1 aromatic heterocycles. The van der Waals surface area contributed by atoms with E-state index in [1.54, 1.807) is 0 Å². The smallest absolute Gasteiger partial charge is 0.368 e. The summed E-state index contributed by atoms with van der Waals surface area (Å²) >= 11 is 0. The normalized spacial score (nSPS) is 20.0. The standard InChI is InChI=1S/C15H22F3N5O2S/c1-2-19-14(23-11-5-9-26(24,25)10-11)22-8-7-21-13-12(15(16,17)18)4-3-6-20-13/h3-4,6,11H,2,5,7-10H2,1H3,(H,20,21)(H2,19,22,23). The summed E-state index contributed by atoms with van der Waals surface area (Å²) in [4.78, 5) is 7.98. The van der Waals surface area contributed by atoms with Gasteiger partial charge in [-0.1, -0.05) is 0 Å². The van der Waals surface area contributed by atoms with E-state index < -0.39 is 21.6 Å². The van der Waals surface area contributed by atoms with E-state index >= 15 is 0 Å². The van der Waals surface area contributed by atoms with Gasteiger partial charge in [-0.2, -0.15) is 13.2 Å². The molecule has 1 aromatic rings. The Labute approximate surface area is 150 Å². The lowest BCUT2D eigenvalue weighted by Gasteiger charge is -2.16. The molecule has 1 atom stereocenters. The van der Waals surface area contributed by atoms with E-state index in [4.69, 9.17) is 0 Å². The first kappa shape index (κ1) is 20.3. The highest BCUT2D eigenvalue weighted by Gasteiger charge is 2.34. The summed E-state index contributed by atoms with van der Waals surface area (Å²) in [5, 5.41) is 8.67. The molecule has 3 N–H and O–H groups in total. The number of halogens is 3. The van der Waals surface area contributed by atoms with E-state index in [1.165, 1.54) is 12.3 Å². The van der Waals surface area contributed by atoms with Crippen LogP contribution in [0.2, 0.25) is 0 Å². The van der Waals surface area contributed by atoms with Crippen LogP contribution in [0.5, 0.6) is 0 Å². The average Bonchev–Trinajstić information content (AvgIpc) is 2.90. The van der Waals surface area contributed by atoms with E-state index in [0.717, 1.165) is 6.07 Å². The number of hydrogen-bond donors (Lipinski definition) is 3. The van der Waals surface area contributed by atoms with Crippen LogP contribution in [0.3, 0.4) is 0 Å². The minimum Gasteiger partial charge on any atom is -0.368 e. The van der Waals surface area contributed by atoms with Gasteiger partial charge in [0.15, 0.2) is 15.8 Å². The summed E-state index contributed by atoms with van der Waals surface area (Å²) in [5.41, 5.74) is -0.829. The van der Waals surface area contributed by atoms with Crippen LogP contribution in [-0.4, -0.2) is 56.5 Å². The molecule has 7 nitrogen and oxygen atoms in total. The van der Waals surface area contributed by atoms with Gasteiger partial charge in [-0.15, -0.1) is 0 Å². The molecule has 11 heteroatoms. The molecule has 0 amide bonds. The largest absolute Gasteiger partial charge is 0.419 e. The first-order valence-corrected chi connectivity index (χ1v) is 10.0. The highest BCUT2D eigenvalue weighted by Crippen LogP contribution is 2.33. The molecule has 1 aliphatic heterocycles. The number of aromatic nitrogens is 1. The Morgan fingerprint density at radius 1 is 1.42 bits per heavy atom. The van der Waals surface area contributed by atoms with Crippen molar-refractivity contribution in [3.8, 4) is 0 Å². The van der Waals surface area contributed by atoms with Gasteiger partial charge in [-0.3, -0.25) is 4.99 Å². The molecule has 2 heterocycles. The summed E-state index contributed by atoms with van der Waals surface area (Å²) in [7, 11) is -3.01. The van der Waals surface area contributed by atoms with Crippen LogP contribution >= 0.6 is 0 Å². The van der Waals surface area contributed by atoms with E-state index in [1.807, 2.05) is 6.92 Å². The highest BCUT2D eigenvalue weighted by molar-refractivity contribution is 7.91. The zero-order valence-electron chi connectivity index (χ0n) is 14.3. The van der Waals surface area contributed by atoms with Crippen LogP contribution < -0.4 is 16.0 Å². The molecule has 0 spiro atoms. The molecule has 146 valence electrons. The fourth-order valence-electron chi connectivity index (χ4n) is 2.54. The lowest BCUT2D eigenvalue weighted by Crippen LogP contribution is -2.44. The second kappa shape index (κ2) is 8.56. The first-order chi connectivity index (χ1) is 12.2. The van der Waals surface area contributed by atoms with Crippen LogP contribution in [0, 0.1) is 0 Å². The van der Waals surface area contributed by atoms with Crippen LogP contribution in [0.15, 0.2) is 23.3 Å². The Bertz CT molecular complexity index is 737. The molecule has 0 radical (unpaired) electrons. The fraction of sp³-hybridized carbons (Fsp3) is 0.600. The van der Waals surface area contributed by atoms with Gasteiger partial charge in [-0.25, -0.2) is 13.4 Å². The molecule has 0 aliphatic carbocycles. The molecule has 26 heavy (non-hydrogen) atoms. The lowest BCUT2D eigenvalue weighted by molar-refractivity contribution is -0.137. The lowest BCUT2D eigenvalue weighted by atomic mass is 10.2. The summed E-state index contributed by atoms with van der Waals surface area (Å²) in [5.74, 6) is 0.396. The van der Waals surface area contributed by atoms with Crippen LogP contribution in [0.1, 0.15) is 18.9 Å². The number of sulfone groups is 1. The Morgan fingerprint density at radius 2 is 2.19 bits per heavy atom. The van der Waals surface area contributed by atoms with Gasteiger partial charge in [0.1, 0.15) is 5.82 Å². The van der Waals surface area contributed by atoms with Crippen molar-refractivity contribution in [3.05, 3.63) is 23.9 Å². The van der Waals surface area contributed by atoms with Gasteiger partial charge in [0.05, 0.1) is 23.6 Å². The Morgan fingerprint density at radius 3 is 2.81 bits per heavy atom. The van der Waals surface area contributed by atoms with Crippen molar-refractivity contribution in [3.63, 3.8) is 0 Å². The highest BCUT2D eigenvalue weighted by atomic mass is 32.2. The number of guanidine groups is 1. The predicted octanol–water partition coefficient (Wildman–Crippen LogP) is 1.25. The third kappa shape index (κ3) is 6.04. The summed E-state index contributed by atoms with van der Waals surface area (Å²) in [6, 6.07) is 1.98. The number of nitrogens with zero attached hydrogens (tertiary/aromatic N) is 2. The van der Waals surface area contributed by atoms with Crippen molar-refractivity contribution in [2.45, 2.75) is 25.6 Å². The Hall–Kier alpha value is -2.04. The number of anilines is 1. The van der Waals surface area contributed by atoms with Gasteiger partial charge >= 0.3 is 6.18 Å². The number of rotatable bonds is 6. The van der Waals surface area contributed by atoms with Crippen molar-refractivity contribution in [2.24, 2.45) is 4.99 Å². The zero-order chi connectivity index (χ0) is 19.2. The van der Waals surface area contributed by atoms with E-state index in [-0.39, 0.29) is 36.5 Å². The van der Waals surface area contributed by atoms with Crippen LogP contribution in [0.4, 0.5) is 19.0 Å². The van der Waals surface area contributed by atoms with Gasteiger partial charge in [-0.05, 0) is 25.5 Å². The topological polar surface area (TPSA) is 95.5 Å². The minimum absolute atomic E-state index is 0.0541. The predicted molar refractivity (Wildman–Crippen MR) is 93.9 cm³/mol. The third-order valence-electron chi connectivity index (χ3n) is 3.70. The maximum atomic E-state index is 12.9. The zero-order valence-corrected chi connectivity index (χ0v) is 15.1. The van der Waals surface area contributed by atoms with Gasteiger partial charge in [0, 0.05) is 25.3 Å². The molecule has 2 rings (SSSR count). The van der Waals surface area contributed by atoms with Crippen molar-refractivity contribution in [1.82, 2.24) is 15.6 Å². The van der Waals surface area contributed by atoms with Gasteiger partial charge < -0.3 is 16.0 Å². The van der Waals surface area contributed by atoms with Gasteiger partial charge in [0.2, 0.25) is 0 Å². The van der Waals surface area contributed by atoms with E-state index in [2.05, 4.69) is 25.9 Å². The van der Waals surface area contributed by atoms with Crippen LogP contribution in [-0.2, 0) is 16.0 Å². The van der Waals surface area contributed by atoms with Crippen molar-refractivity contribution in [2.75, 3.05) is 36.5 Å². The molecule has 0 saturated carbocycles. The SMILES string of the molecule is CCNC(=NCCNc1ncccc1C(F)(F)F)NC1CCS(=O)(=O)C1. The Kier molecular flexibility index (Phi) is 6.68. The molecule has 1 unspecified atom stereocenters. The molecular formula is C15H22F3N5O2S. The van der Waals surface area contributed by atoms with Gasteiger partial charge in [0.25, 0.3) is 0 Å². The number of aliphatic imine (C=N–C) groups is 1. The number of nitrogens with one attached hydrogen (secondary N) is 3. The molecule has 1 fully saturated rings. The monoisotopic (exact) mass is 393 g/mol. The maximum Gasteiger partial charge on any atom is 0.419 e. The van der Waals surface area contributed by atoms with Crippen molar-refractivity contribution < 1.29 is 21.6 Å². The van der Waals surface area contributed by atoms with E-state index in [9.17, 15) is 21.6 Å². The average molecular weight is 393 g/mol. The third-order valence-corrected chi connectivity index (χ3v) is 5.47. The molecule has 1 aliphatic rings. The number of pyridine rings is 1. The molecule has 0 bridgehead atoms. The van der Waals surface area contributed by atoms with E-state index in [0.29, 0.717) is 18.9 Å². The molecule has 1 saturated heterocycles. The minimum atomic E-state index is -4.48. The number of hydrogen-bond acceptors (Lipinski definition) is 5. The maximum absolute atomic E-state index is 12.9. The molecular weight excluding hydrogens is 371 g/mol. The second-order valence-corrected chi connectivity index (χ2v) is 8.06. The van der Waals surface area contributed by atoms with Crippen molar-refractivity contribution >= 4 is 21.6 Å². The second-order valence-electron chi connectivity index (χ2n) is 5.83. The molecule has 0 aromatic carbocycles. The van der Waals surface area contributed by atoms with Crippen molar-refractivity contribution in [1.29, 1.82) is 0 Å². The quantitative estimate of drug-likeness (QED) is 0.383. The summed E-state index contributed by atoms with van der Waals surface area (Å²) in [6.45, 7) is 2.80. The summed E-state index contributed by atoms with van der Waals surface area (Å²) < 4.78 is 61.7. The van der Waals surface area contributed by atoms with Crippen LogP contribution in [0.25, 0.3) is 0 Å². The number of alkyl halides is 3. The summed E-state index contributed by atoms with van der Waals surface area (Å²) in [6.07, 6.45) is -2.69. The Balaban J connectivity index is 1.91.